The maximum atomic E-state index is 12.4. The van der Waals surface area contributed by atoms with Gasteiger partial charge in [0.25, 0.3) is 0 Å². The smallest absolute Gasteiger partial charge is 0.305 e. The third kappa shape index (κ3) is 44.0. The molecule has 6 heteroatoms. The van der Waals surface area contributed by atoms with Gasteiger partial charge in [-0.2, -0.15) is 0 Å². The second kappa shape index (κ2) is 47.3. The highest BCUT2D eigenvalue weighted by atomic mass is 16.5. The summed E-state index contributed by atoms with van der Waals surface area (Å²) in [5.41, 5.74) is 0. The number of hydrogen-bond acceptors (Lipinski definition) is 5. The first-order chi connectivity index (χ1) is 28.0. The molecule has 0 bridgehead atoms. The lowest BCUT2D eigenvalue weighted by Crippen LogP contribution is -2.45. The molecule has 1 amide bonds. The minimum Gasteiger partial charge on any atom is -0.466 e. The van der Waals surface area contributed by atoms with Gasteiger partial charge >= 0.3 is 5.97 Å². The van der Waals surface area contributed by atoms with Gasteiger partial charge in [-0.15, -0.1) is 0 Å². The van der Waals surface area contributed by atoms with Crippen LogP contribution in [0.5, 0.6) is 0 Å². The fraction of sp³-hybridized carbons (Fsp3) is 0.922. The number of amides is 1. The zero-order valence-corrected chi connectivity index (χ0v) is 38.3. The van der Waals surface area contributed by atoms with E-state index >= 15 is 0 Å². The monoisotopic (exact) mass is 806 g/mol. The molecule has 6 nitrogen and oxygen atoms in total. The summed E-state index contributed by atoms with van der Waals surface area (Å²) in [7, 11) is 0. The van der Waals surface area contributed by atoms with Crippen LogP contribution in [-0.2, 0) is 14.3 Å². The summed E-state index contributed by atoms with van der Waals surface area (Å²) >= 11 is 0. The van der Waals surface area contributed by atoms with Crippen molar-refractivity contribution in [3.05, 3.63) is 12.2 Å². The van der Waals surface area contributed by atoms with E-state index in [2.05, 4.69) is 19.2 Å². The minimum absolute atomic E-state index is 0.000795. The van der Waals surface area contributed by atoms with Gasteiger partial charge in [-0.3, -0.25) is 9.59 Å². The predicted molar refractivity (Wildman–Crippen MR) is 246 cm³/mol. The normalized spacial score (nSPS) is 12.7. The van der Waals surface area contributed by atoms with Crippen molar-refractivity contribution in [3.8, 4) is 0 Å². The summed E-state index contributed by atoms with van der Waals surface area (Å²) in [6.07, 6.45) is 53.5. The minimum atomic E-state index is -0.848. The Balaban J connectivity index is 3.47. The van der Waals surface area contributed by atoms with Gasteiger partial charge in [0.1, 0.15) is 0 Å². The van der Waals surface area contributed by atoms with Gasteiger partial charge < -0.3 is 20.3 Å². The van der Waals surface area contributed by atoms with E-state index in [0.717, 1.165) is 44.9 Å². The number of allylic oxidation sites excluding steroid dienone is 1. The molecule has 0 rings (SSSR count). The van der Waals surface area contributed by atoms with E-state index in [4.69, 9.17) is 4.74 Å². The molecular formula is C51H99NO5. The molecule has 2 unspecified atom stereocenters. The van der Waals surface area contributed by atoms with Crippen molar-refractivity contribution in [1.82, 2.24) is 5.32 Å². The van der Waals surface area contributed by atoms with Crippen molar-refractivity contribution in [2.24, 2.45) is 0 Å². The summed E-state index contributed by atoms with van der Waals surface area (Å²) < 4.78 is 5.45. The van der Waals surface area contributed by atoms with Gasteiger partial charge in [-0.25, -0.2) is 0 Å². The Hall–Kier alpha value is -1.40. The molecule has 0 aromatic rings. The third-order valence-corrected chi connectivity index (χ3v) is 11.8. The van der Waals surface area contributed by atoms with E-state index in [0.29, 0.717) is 19.4 Å². The number of unbranched alkanes of at least 4 members (excludes halogenated alkanes) is 36. The molecule has 0 aromatic heterocycles. The van der Waals surface area contributed by atoms with Crippen LogP contribution in [0.1, 0.15) is 277 Å². The fourth-order valence-electron chi connectivity index (χ4n) is 7.87. The second-order valence-corrected chi connectivity index (χ2v) is 17.5. The van der Waals surface area contributed by atoms with Crippen LogP contribution >= 0.6 is 0 Å². The predicted octanol–water partition coefficient (Wildman–Crippen LogP) is 15.0. The molecule has 0 saturated heterocycles. The first-order valence-electron chi connectivity index (χ1n) is 25.5. The van der Waals surface area contributed by atoms with E-state index in [9.17, 15) is 19.8 Å². The molecule has 57 heavy (non-hydrogen) atoms. The molecule has 0 aliphatic rings. The molecule has 0 heterocycles. The number of esters is 1. The van der Waals surface area contributed by atoms with Crippen LogP contribution in [-0.4, -0.2) is 47.4 Å². The van der Waals surface area contributed by atoms with Gasteiger partial charge in [0.15, 0.2) is 0 Å². The molecule has 0 aliphatic heterocycles. The highest BCUT2D eigenvalue weighted by Crippen LogP contribution is 2.16. The number of carbonyl (C=O) groups excluding carboxylic acids is 2. The number of aliphatic hydroxyl groups excluding tert-OH is 2. The van der Waals surface area contributed by atoms with Crippen molar-refractivity contribution < 1.29 is 24.5 Å². The fourth-order valence-corrected chi connectivity index (χ4v) is 7.87. The molecule has 0 aliphatic carbocycles. The molecule has 0 fully saturated rings. The first-order valence-corrected chi connectivity index (χ1v) is 25.5. The van der Waals surface area contributed by atoms with Crippen LogP contribution in [0.4, 0.5) is 0 Å². The number of nitrogens with one attached hydrogen (secondary N) is 1. The Labute approximate surface area is 355 Å². The largest absolute Gasteiger partial charge is 0.466 e. The topological polar surface area (TPSA) is 95.9 Å². The Morgan fingerprint density at radius 1 is 0.474 bits per heavy atom. The summed E-state index contributed by atoms with van der Waals surface area (Å²) in [4.78, 5) is 24.4. The van der Waals surface area contributed by atoms with Crippen molar-refractivity contribution in [2.45, 2.75) is 289 Å². The lowest BCUT2D eigenvalue weighted by atomic mass is 10.0. The van der Waals surface area contributed by atoms with E-state index in [1.165, 1.54) is 205 Å². The Morgan fingerprint density at radius 3 is 1.19 bits per heavy atom. The van der Waals surface area contributed by atoms with E-state index in [1.54, 1.807) is 6.08 Å². The number of ether oxygens (including phenoxy) is 1. The number of aliphatic hydroxyl groups is 2. The highest BCUT2D eigenvalue weighted by molar-refractivity contribution is 5.76. The summed E-state index contributed by atoms with van der Waals surface area (Å²) in [6, 6.07) is -0.632. The molecule has 0 radical (unpaired) electrons. The van der Waals surface area contributed by atoms with Gasteiger partial charge in [0.2, 0.25) is 5.91 Å². The molecule has 0 spiro atoms. The van der Waals surface area contributed by atoms with Crippen LogP contribution in [0.15, 0.2) is 12.2 Å². The zero-order chi connectivity index (χ0) is 41.5. The summed E-state index contributed by atoms with van der Waals surface area (Å²) in [5, 5.41) is 23.0. The Morgan fingerprint density at radius 2 is 0.807 bits per heavy atom. The molecule has 0 aromatic carbocycles. The van der Waals surface area contributed by atoms with Crippen LogP contribution in [0.25, 0.3) is 0 Å². The summed E-state index contributed by atoms with van der Waals surface area (Å²) in [6.45, 7) is 4.88. The molecule has 3 N–H and O–H groups in total. The molecule has 338 valence electrons. The average molecular weight is 806 g/mol. The first kappa shape index (κ1) is 55.6. The van der Waals surface area contributed by atoms with Crippen LogP contribution in [0.2, 0.25) is 0 Å². The Bertz CT molecular complexity index is 847. The van der Waals surface area contributed by atoms with Gasteiger partial charge in [-0.05, 0) is 32.1 Å². The highest BCUT2D eigenvalue weighted by Gasteiger charge is 2.18. The van der Waals surface area contributed by atoms with E-state index < -0.39 is 12.1 Å². The molecule has 2 atom stereocenters. The SMILES string of the molecule is CCCCCCCCCCCCCC/C=C/C(O)C(CO)NC(=O)CCCCCCCCCCCCCCCCCOC(=O)CCCCCCCCCCCCC. The maximum absolute atomic E-state index is 12.4. The van der Waals surface area contributed by atoms with Crippen LogP contribution in [0, 0.1) is 0 Å². The van der Waals surface area contributed by atoms with Gasteiger partial charge in [0, 0.05) is 12.8 Å². The van der Waals surface area contributed by atoms with Crippen molar-refractivity contribution in [1.29, 1.82) is 0 Å². The van der Waals surface area contributed by atoms with E-state index in [-0.39, 0.29) is 18.5 Å². The van der Waals surface area contributed by atoms with Crippen molar-refractivity contribution in [3.63, 3.8) is 0 Å². The standard InChI is InChI=1S/C51H99NO5/c1-3-5-7-9-11-13-15-16-20-24-27-31-35-39-43-49(54)48(47-53)52-50(55)44-40-36-32-28-25-21-18-17-19-22-26-30-34-38-42-46-57-51(56)45-41-37-33-29-23-14-12-10-8-6-4-2/h39,43,48-49,53-54H,3-38,40-42,44-47H2,1-2H3,(H,52,55)/b43-39+. The zero-order valence-electron chi connectivity index (χ0n) is 38.3. The van der Waals surface area contributed by atoms with Crippen molar-refractivity contribution >= 4 is 11.9 Å². The third-order valence-electron chi connectivity index (χ3n) is 11.8. The Kier molecular flexibility index (Phi) is 46.1. The summed E-state index contributed by atoms with van der Waals surface area (Å²) in [5.74, 6) is -0.0766. The quantitative estimate of drug-likeness (QED) is 0.0323. The number of rotatable bonds is 47. The van der Waals surface area contributed by atoms with Gasteiger partial charge in [-0.1, -0.05) is 244 Å². The second-order valence-electron chi connectivity index (χ2n) is 17.5. The van der Waals surface area contributed by atoms with Crippen LogP contribution in [0.3, 0.4) is 0 Å². The average Bonchev–Trinajstić information content (AvgIpc) is 3.21. The van der Waals surface area contributed by atoms with Crippen LogP contribution < -0.4 is 5.32 Å². The number of hydrogen-bond donors (Lipinski definition) is 3. The lowest BCUT2D eigenvalue weighted by molar-refractivity contribution is -0.143. The lowest BCUT2D eigenvalue weighted by Gasteiger charge is -2.20. The molecular weight excluding hydrogens is 707 g/mol. The number of carbonyl (C=O) groups is 2. The van der Waals surface area contributed by atoms with Gasteiger partial charge in [0.05, 0.1) is 25.4 Å². The maximum Gasteiger partial charge on any atom is 0.305 e. The molecule has 0 saturated carbocycles. The van der Waals surface area contributed by atoms with E-state index in [1.807, 2.05) is 6.08 Å². The van der Waals surface area contributed by atoms with Crippen molar-refractivity contribution in [2.75, 3.05) is 13.2 Å².